The second kappa shape index (κ2) is 9.62. The standard InChI is InChI=1S/C23H23N3O5/c1-15-4-5-16(2)26(15)19-10-6-18(7-11-19)23(29)31-14-21(27)24-25-22(28)17-8-12-20(30-3)13-9-17/h4-13H,14H2,1-3H3,(H,24,27)(H,25,28). The maximum Gasteiger partial charge on any atom is 0.338 e. The van der Waals surface area contributed by atoms with Crippen molar-refractivity contribution in [3.05, 3.63) is 83.2 Å². The molecule has 0 radical (unpaired) electrons. The highest BCUT2D eigenvalue weighted by Crippen LogP contribution is 2.17. The predicted octanol–water partition coefficient (Wildman–Crippen LogP) is 2.72. The minimum Gasteiger partial charge on any atom is -0.497 e. The highest BCUT2D eigenvalue weighted by Gasteiger charge is 2.12. The van der Waals surface area contributed by atoms with Gasteiger partial charge in [-0.2, -0.15) is 0 Å². The lowest BCUT2D eigenvalue weighted by Gasteiger charge is -2.11. The number of methoxy groups -OCH3 is 1. The lowest BCUT2D eigenvalue weighted by Crippen LogP contribution is -2.43. The van der Waals surface area contributed by atoms with Crippen LogP contribution in [-0.4, -0.2) is 36.1 Å². The van der Waals surface area contributed by atoms with Crippen LogP contribution < -0.4 is 15.6 Å². The van der Waals surface area contributed by atoms with Gasteiger partial charge >= 0.3 is 5.97 Å². The van der Waals surface area contributed by atoms with Crippen LogP contribution in [-0.2, 0) is 9.53 Å². The highest BCUT2D eigenvalue weighted by molar-refractivity contribution is 5.96. The SMILES string of the molecule is COc1ccc(C(=O)NNC(=O)COC(=O)c2ccc(-n3c(C)ccc3C)cc2)cc1. The molecule has 0 spiro atoms. The number of hydrogen-bond acceptors (Lipinski definition) is 5. The Labute approximate surface area is 179 Å². The fraction of sp³-hybridized carbons (Fsp3) is 0.174. The zero-order valence-electron chi connectivity index (χ0n) is 17.5. The summed E-state index contributed by atoms with van der Waals surface area (Å²) < 4.78 is 12.1. The molecular formula is C23H23N3O5. The van der Waals surface area contributed by atoms with Gasteiger partial charge in [0, 0.05) is 22.6 Å². The van der Waals surface area contributed by atoms with Gasteiger partial charge in [0.1, 0.15) is 5.75 Å². The maximum absolute atomic E-state index is 12.2. The van der Waals surface area contributed by atoms with E-state index in [4.69, 9.17) is 9.47 Å². The summed E-state index contributed by atoms with van der Waals surface area (Å²) in [6.45, 7) is 3.47. The number of aromatic nitrogens is 1. The van der Waals surface area contributed by atoms with Crippen LogP contribution in [0, 0.1) is 13.8 Å². The lowest BCUT2D eigenvalue weighted by atomic mass is 10.2. The Kier molecular flexibility index (Phi) is 6.71. The van der Waals surface area contributed by atoms with Gasteiger partial charge in [0.2, 0.25) is 0 Å². The van der Waals surface area contributed by atoms with Gasteiger partial charge in [0.25, 0.3) is 11.8 Å². The molecule has 3 aromatic rings. The molecule has 8 heteroatoms. The van der Waals surface area contributed by atoms with E-state index in [9.17, 15) is 14.4 Å². The van der Waals surface area contributed by atoms with Crippen LogP contribution in [0.15, 0.2) is 60.7 Å². The summed E-state index contributed by atoms with van der Waals surface area (Å²) in [6, 6.07) is 17.3. The molecule has 31 heavy (non-hydrogen) atoms. The molecule has 2 N–H and O–H groups in total. The van der Waals surface area contributed by atoms with E-state index < -0.39 is 24.4 Å². The first-order valence-electron chi connectivity index (χ1n) is 9.55. The lowest BCUT2D eigenvalue weighted by molar-refractivity contribution is -0.125. The average Bonchev–Trinajstić information content (AvgIpc) is 3.13. The van der Waals surface area contributed by atoms with E-state index in [0.29, 0.717) is 16.9 Å². The molecule has 0 aliphatic rings. The average molecular weight is 421 g/mol. The third-order valence-electron chi connectivity index (χ3n) is 4.63. The Bertz CT molecular complexity index is 1070. The van der Waals surface area contributed by atoms with Crippen LogP contribution in [0.4, 0.5) is 0 Å². The van der Waals surface area contributed by atoms with Crippen molar-refractivity contribution < 1.29 is 23.9 Å². The Balaban J connectivity index is 1.48. The molecule has 0 aliphatic heterocycles. The van der Waals surface area contributed by atoms with Crippen molar-refractivity contribution in [1.29, 1.82) is 0 Å². The summed E-state index contributed by atoms with van der Waals surface area (Å²) in [5.74, 6) is -1.19. The van der Waals surface area contributed by atoms with E-state index in [0.717, 1.165) is 17.1 Å². The van der Waals surface area contributed by atoms with Gasteiger partial charge < -0.3 is 14.0 Å². The number of benzene rings is 2. The zero-order chi connectivity index (χ0) is 22.4. The molecule has 3 rings (SSSR count). The number of amides is 2. The van der Waals surface area contributed by atoms with Crippen molar-refractivity contribution in [2.45, 2.75) is 13.8 Å². The molecular weight excluding hydrogens is 398 g/mol. The molecule has 0 atom stereocenters. The number of rotatable bonds is 6. The summed E-state index contributed by atoms with van der Waals surface area (Å²) in [4.78, 5) is 36.1. The summed E-state index contributed by atoms with van der Waals surface area (Å²) in [7, 11) is 1.52. The van der Waals surface area contributed by atoms with Crippen molar-refractivity contribution in [2.24, 2.45) is 0 Å². The molecule has 0 bridgehead atoms. The Morgan fingerprint density at radius 1 is 0.806 bits per heavy atom. The van der Waals surface area contributed by atoms with E-state index in [1.54, 1.807) is 36.4 Å². The molecule has 0 unspecified atom stereocenters. The largest absolute Gasteiger partial charge is 0.497 e. The normalized spacial score (nSPS) is 10.3. The van der Waals surface area contributed by atoms with Gasteiger partial charge in [-0.15, -0.1) is 0 Å². The van der Waals surface area contributed by atoms with Crippen molar-refractivity contribution in [3.63, 3.8) is 0 Å². The molecule has 2 amide bonds. The number of carbonyl (C=O) groups excluding carboxylic acids is 3. The molecule has 0 saturated carbocycles. The molecule has 0 aliphatic carbocycles. The monoisotopic (exact) mass is 421 g/mol. The number of nitrogens with zero attached hydrogens (tertiary/aromatic N) is 1. The van der Waals surface area contributed by atoms with E-state index in [1.807, 2.05) is 38.1 Å². The summed E-state index contributed by atoms with van der Waals surface area (Å²) in [5.41, 5.74) is 8.22. The third-order valence-corrected chi connectivity index (χ3v) is 4.63. The van der Waals surface area contributed by atoms with Gasteiger partial charge in [-0.3, -0.25) is 20.4 Å². The number of aryl methyl sites for hydroxylation is 2. The second-order valence-corrected chi connectivity index (χ2v) is 6.81. The molecule has 8 nitrogen and oxygen atoms in total. The summed E-state index contributed by atoms with van der Waals surface area (Å²) in [5, 5.41) is 0. The van der Waals surface area contributed by atoms with Crippen LogP contribution in [0.25, 0.3) is 5.69 Å². The number of carbonyl (C=O) groups is 3. The van der Waals surface area contributed by atoms with E-state index in [2.05, 4.69) is 15.4 Å². The second-order valence-electron chi connectivity index (χ2n) is 6.81. The molecule has 1 heterocycles. The summed E-state index contributed by atoms with van der Waals surface area (Å²) in [6.07, 6.45) is 0. The first-order valence-corrected chi connectivity index (χ1v) is 9.55. The number of esters is 1. The maximum atomic E-state index is 12.2. The van der Waals surface area contributed by atoms with Gasteiger partial charge in [0.15, 0.2) is 6.61 Å². The van der Waals surface area contributed by atoms with Crippen LogP contribution in [0.1, 0.15) is 32.1 Å². The predicted molar refractivity (Wildman–Crippen MR) is 114 cm³/mol. The van der Waals surface area contributed by atoms with Crippen molar-refractivity contribution in [1.82, 2.24) is 15.4 Å². The van der Waals surface area contributed by atoms with Gasteiger partial charge in [0.05, 0.1) is 12.7 Å². The molecule has 0 fully saturated rings. The van der Waals surface area contributed by atoms with Crippen LogP contribution in [0.2, 0.25) is 0 Å². The van der Waals surface area contributed by atoms with E-state index in [-0.39, 0.29) is 0 Å². The minimum atomic E-state index is -0.662. The fourth-order valence-electron chi connectivity index (χ4n) is 3.01. The Morgan fingerprint density at radius 2 is 1.39 bits per heavy atom. The van der Waals surface area contributed by atoms with Gasteiger partial charge in [-0.25, -0.2) is 4.79 Å². The summed E-state index contributed by atoms with van der Waals surface area (Å²) >= 11 is 0. The van der Waals surface area contributed by atoms with Gasteiger partial charge in [-0.05, 0) is 74.5 Å². The Hall–Kier alpha value is -4.07. The van der Waals surface area contributed by atoms with Crippen LogP contribution in [0.5, 0.6) is 5.75 Å². The highest BCUT2D eigenvalue weighted by atomic mass is 16.5. The topological polar surface area (TPSA) is 98.7 Å². The van der Waals surface area contributed by atoms with Crippen molar-refractivity contribution in [2.75, 3.05) is 13.7 Å². The quantitative estimate of drug-likeness (QED) is 0.471. The van der Waals surface area contributed by atoms with Gasteiger partial charge in [-0.1, -0.05) is 0 Å². The van der Waals surface area contributed by atoms with Crippen molar-refractivity contribution in [3.8, 4) is 11.4 Å². The molecule has 1 aromatic heterocycles. The van der Waals surface area contributed by atoms with Crippen molar-refractivity contribution >= 4 is 17.8 Å². The minimum absolute atomic E-state index is 0.321. The molecule has 2 aromatic carbocycles. The first kappa shape index (κ1) is 21.6. The van der Waals surface area contributed by atoms with E-state index >= 15 is 0 Å². The molecule has 160 valence electrons. The molecule has 0 saturated heterocycles. The van der Waals surface area contributed by atoms with E-state index in [1.165, 1.54) is 7.11 Å². The zero-order valence-corrected chi connectivity index (χ0v) is 17.5. The smallest absolute Gasteiger partial charge is 0.338 e. The number of ether oxygens (including phenoxy) is 2. The number of nitrogens with one attached hydrogen (secondary N) is 2. The van der Waals surface area contributed by atoms with Crippen LogP contribution in [0.3, 0.4) is 0 Å². The van der Waals surface area contributed by atoms with Crippen LogP contribution >= 0.6 is 0 Å². The third kappa shape index (κ3) is 5.30. The number of hydrazine groups is 1. The number of hydrogen-bond donors (Lipinski definition) is 2. The fourth-order valence-corrected chi connectivity index (χ4v) is 3.01. The Morgan fingerprint density at radius 3 is 1.97 bits per heavy atom. The first-order chi connectivity index (χ1) is 14.9.